The maximum absolute atomic E-state index is 6.16. The van der Waals surface area contributed by atoms with Gasteiger partial charge in [0.25, 0.3) is 0 Å². The van der Waals surface area contributed by atoms with E-state index in [4.69, 9.17) is 27.9 Å². The number of rotatable bonds is 5. The first kappa shape index (κ1) is 16.6. The highest BCUT2D eigenvalue weighted by atomic mass is 35.5. The fourth-order valence-corrected chi connectivity index (χ4v) is 2.78. The molecule has 0 N–H and O–H groups in total. The summed E-state index contributed by atoms with van der Waals surface area (Å²) in [6, 6.07) is 13.1. The van der Waals surface area contributed by atoms with Crippen molar-refractivity contribution in [1.29, 1.82) is 0 Å². The first-order valence-electron chi connectivity index (χ1n) is 7.44. The van der Waals surface area contributed by atoms with Gasteiger partial charge in [-0.2, -0.15) is 0 Å². The Morgan fingerprint density at radius 3 is 2.67 bits per heavy atom. The normalized spacial score (nSPS) is 12.0. The Morgan fingerprint density at radius 2 is 1.96 bits per heavy atom. The minimum atomic E-state index is -0.167. The van der Waals surface area contributed by atoms with Crippen LogP contribution in [-0.2, 0) is 0 Å². The van der Waals surface area contributed by atoms with Crippen molar-refractivity contribution in [1.82, 2.24) is 9.55 Å². The van der Waals surface area contributed by atoms with E-state index >= 15 is 0 Å². The molecule has 2 aromatic carbocycles. The molecule has 1 unspecified atom stereocenters. The smallest absolute Gasteiger partial charge is 0.129 e. The molecule has 3 rings (SSSR count). The quantitative estimate of drug-likeness (QED) is 0.571. The van der Waals surface area contributed by atoms with Gasteiger partial charge in [0.2, 0.25) is 0 Å². The SMILES string of the molecule is C=C(c1cc(Cl)ccc1OC(C)c1cccc(Cl)c1)n1ccnc1. The average molecular weight is 359 g/mol. The molecule has 0 amide bonds. The largest absolute Gasteiger partial charge is 0.485 e. The minimum absolute atomic E-state index is 0.167. The van der Waals surface area contributed by atoms with E-state index in [9.17, 15) is 0 Å². The fourth-order valence-electron chi connectivity index (χ4n) is 2.41. The van der Waals surface area contributed by atoms with Crippen molar-refractivity contribution in [2.45, 2.75) is 13.0 Å². The van der Waals surface area contributed by atoms with Gasteiger partial charge in [0.1, 0.15) is 11.9 Å². The van der Waals surface area contributed by atoms with Gasteiger partial charge in [-0.3, -0.25) is 0 Å². The lowest BCUT2D eigenvalue weighted by Gasteiger charge is -2.19. The molecule has 122 valence electrons. The number of halogens is 2. The lowest BCUT2D eigenvalue weighted by Crippen LogP contribution is -2.06. The summed E-state index contributed by atoms with van der Waals surface area (Å²) in [6.45, 7) is 6.10. The molecule has 0 aliphatic rings. The second-order valence-electron chi connectivity index (χ2n) is 5.37. The molecule has 3 aromatic rings. The molecular weight excluding hydrogens is 343 g/mol. The molecule has 24 heavy (non-hydrogen) atoms. The lowest BCUT2D eigenvalue weighted by atomic mass is 10.1. The number of nitrogens with zero attached hydrogens (tertiary/aromatic N) is 2. The zero-order valence-corrected chi connectivity index (χ0v) is 14.6. The summed E-state index contributed by atoms with van der Waals surface area (Å²) < 4.78 is 7.97. The van der Waals surface area contributed by atoms with Gasteiger partial charge in [0.15, 0.2) is 0 Å². The van der Waals surface area contributed by atoms with Crippen LogP contribution in [0, 0.1) is 0 Å². The third-order valence-electron chi connectivity index (χ3n) is 3.69. The summed E-state index contributed by atoms with van der Waals surface area (Å²) in [5.74, 6) is 0.700. The van der Waals surface area contributed by atoms with Crippen LogP contribution in [0.2, 0.25) is 10.0 Å². The van der Waals surface area contributed by atoms with Gasteiger partial charge in [-0.25, -0.2) is 4.98 Å². The van der Waals surface area contributed by atoms with Gasteiger partial charge >= 0.3 is 0 Å². The van der Waals surface area contributed by atoms with Crippen LogP contribution in [0.1, 0.15) is 24.2 Å². The molecule has 0 saturated carbocycles. The monoisotopic (exact) mass is 358 g/mol. The second kappa shape index (κ2) is 7.12. The Labute approximate surface area is 151 Å². The molecule has 0 aliphatic carbocycles. The van der Waals surface area contributed by atoms with Gasteiger partial charge < -0.3 is 9.30 Å². The van der Waals surface area contributed by atoms with Crippen molar-refractivity contribution in [3.63, 3.8) is 0 Å². The van der Waals surface area contributed by atoms with Gasteiger partial charge in [0, 0.05) is 28.0 Å². The third-order valence-corrected chi connectivity index (χ3v) is 4.16. The van der Waals surface area contributed by atoms with Crippen molar-refractivity contribution >= 4 is 28.9 Å². The Morgan fingerprint density at radius 1 is 1.17 bits per heavy atom. The Bertz CT molecular complexity index is 860. The molecule has 0 spiro atoms. The summed E-state index contributed by atoms with van der Waals surface area (Å²) in [7, 11) is 0. The Kier molecular flexibility index (Phi) is 4.93. The molecule has 0 bridgehead atoms. The third kappa shape index (κ3) is 3.64. The van der Waals surface area contributed by atoms with Crippen LogP contribution in [0.25, 0.3) is 5.70 Å². The highest BCUT2D eigenvalue weighted by Crippen LogP contribution is 2.32. The summed E-state index contributed by atoms with van der Waals surface area (Å²) in [5.41, 5.74) is 2.55. The first-order valence-corrected chi connectivity index (χ1v) is 8.19. The zero-order valence-electron chi connectivity index (χ0n) is 13.1. The van der Waals surface area contributed by atoms with Crippen LogP contribution in [0.4, 0.5) is 0 Å². The van der Waals surface area contributed by atoms with E-state index in [1.54, 1.807) is 18.6 Å². The second-order valence-corrected chi connectivity index (χ2v) is 6.25. The van der Waals surface area contributed by atoms with Crippen molar-refractivity contribution in [2.24, 2.45) is 0 Å². The summed E-state index contributed by atoms with van der Waals surface area (Å²) in [6.07, 6.45) is 5.05. The van der Waals surface area contributed by atoms with Crippen LogP contribution in [-0.4, -0.2) is 9.55 Å². The highest BCUT2D eigenvalue weighted by molar-refractivity contribution is 6.31. The van der Waals surface area contributed by atoms with Gasteiger partial charge in [-0.05, 0) is 42.8 Å². The number of imidazole rings is 1. The van der Waals surface area contributed by atoms with Crippen molar-refractivity contribution < 1.29 is 4.74 Å². The van der Waals surface area contributed by atoms with Crippen molar-refractivity contribution in [3.8, 4) is 5.75 Å². The highest BCUT2D eigenvalue weighted by Gasteiger charge is 2.14. The maximum Gasteiger partial charge on any atom is 0.129 e. The van der Waals surface area contributed by atoms with Crippen molar-refractivity contribution in [3.05, 3.63) is 88.9 Å². The van der Waals surface area contributed by atoms with E-state index in [1.165, 1.54) is 0 Å². The van der Waals surface area contributed by atoms with Crippen LogP contribution >= 0.6 is 23.2 Å². The number of hydrogen-bond donors (Lipinski definition) is 0. The van der Waals surface area contributed by atoms with Gasteiger partial charge in [0.05, 0.1) is 12.0 Å². The molecule has 1 heterocycles. The van der Waals surface area contributed by atoms with Gasteiger partial charge in [-0.1, -0.05) is 41.9 Å². The number of hydrogen-bond acceptors (Lipinski definition) is 2. The first-order chi connectivity index (χ1) is 11.5. The van der Waals surface area contributed by atoms with E-state index in [2.05, 4.69) is 11.6 Å². The fraction of sp³-hybridized carbons (Fsp3) is 0.105. The van der Waals surface area contributed by atoms with Crippen LogP contribution in [0.3, 0.4) is 0 Å². The lowest BCUT2D eigenvalue weighted by molar-refractivity contribution is 0.226. The molecule has 1 atom stereocenters. The zero-order chi connectivity index (χ0) is 17.1. The van der Waals surface area contributed by atoms with Gasteiger partial charge in [-0.15, -0.1) is 0 Å². The van der Waals surface area contributed by atoms with E-state index in [1.807, 2.05) is 54.1 Å². The number of ether oxygens (including phenoxy) is 1. The molecule has 0 radical (unpaired) electrons. The van der Waals surface area contributed by atoms with E-state index < -0.39 is 0 Å². The van der Waals surface area contributed by atoms with E-state index in [0.29, 0.717) is 15.8 Å². The number of benzene rings is 2. The molecule has 0 aliphatic heterocycles. The number of aromatic nitrogens is 2. The van der Waals surface area contributed by atoms with E-state index in [-0.39, 0.29) is 6.10 Å². The van der Waals surface area contributed by atoms with Crippen LogP contribution in [0.15, 0.2) is 67.8 Å². The molecular formula is C19H16Cl2N2O. The maximum atomic E-state index is 6.16. The summed E-state index contributed by atoms with van der Waals surface area (Å²) in [4.78, 5) is 4.05. The standard InChI is InChI=1S/C19H16Cl2N2O/c1-13(23-9-8-22-12-23)18-11-17(21)6-7-19(18)24-14(2)15-4-3-5-16(20)10-15/h3-12,14H,1H2,2H3. The topological polar surface area (TPSA) is 27.1 Å². The Hall–Kier alpha value is -2.23. The summed E-state index contributed by atoms with van der Waals surface area (Å²) >= 11 is 12.2. The summed E-state index contributed by atoms with van der Waals surface area (Å²) in [5, 5.41) is 1.30. The van der Waals surface area contributed by atoms with E-state index in [0.717, 1.165) is 16.8 Å². The van der Waals surface area contributed by atoms with Crippen molar-refractivity contribution in [2.75, 3.05) is 0 Å². The molecule has 0 fully saturated rings. The van der Waals surface area contributed by atoms with Crippen LogP contribution < -0.4 is 4.74 Å². The molecule has 0 saturated heterocycles. The average Bonchev–Trinajstić information content (AvgIpc) is 3.10. The molecule has 5 heteroatoms. The molecule has 1 aromatic heterocycles. The Balaban J connectivity index is 1.92. The van der Waals surface area contributed by atoms with Crippen LogP contribution in [0.5, 0.6) is 5.75 Å². The predicted octanol–water partition coefficient (Wildman–Crippen LogP) is 5.85. The minimum Gasteiger partial charge on any atom is -0.485 e. The molecule has 3 nitrogen and oxygen atoms in total. The predicted molar refractivity (Wildman–Crippen MR) is 98.6 cm³/mol.